The molecule has 266 valence electrons. The van der Waals surface area contributed by atoms with Gasteiger partial charge in [-0.2, -0.15) is 0 Å². The summed E-state index contributed by atoms with van der Waals surface area (Å²) in [6.07, 6.45) is 1.72. The fourth-order valence-electron chi connectivity index (χ4n) is 8.34. The highest BCUT2D eigenvalue weighted by Gasteiger charge is 2.35. The molecule has 0 N–H and O–H groups in total. The van der Waals surface area contributed by atoms with Crippen molar-refractivity contribution in [2.45, 2.75) is 65.2 Å². The molecule has 2 heterocycles. The topological polar surface area (TPSA) is 9.86 Å². The summed E-state index contributed by atoms with van der Waals surface area (Å²) in [6, 6.07) is 11.3. The number of fused-ring (bicyclic) bond motifs is 9. The number of benzene rings is 7. The van der Waals surface area contributed by atoms with Crippen LogP contribution in [0, 0.1) is 0 Å². The molecule has 0 aliphatic heterocycles. The van der Waals surface area contributed by atoms with E-state index in [2.05, 4.69) is 57.2 Å². The lowest BCUT2D eigenvalue weighted by molar-refractivity contribution is 0.600. The third kappa shape index (κ3) is 5.30. The molecule has 0 saturated carbocycles. The average molecular weight is 717 g/mol. The number of para-hydroxylation sites is 4. The van der Waals surface area contributed by atoms with E-state index in [0.717, 1.165) is 12.0 Å². The molecule has 1 aliphatic carbocycles. The van der Waals surface area contributed by atoms with Gasteiger partial charge in [-0.1, -0.05) is 150 Å². The van der Waals surface area contributed by atoms with Gasteiger partial charge in [-0.05, 0) is 101 Å². The van der Waals surface area contributed by atoms with Crippen molar-refractivity contribution < 1.29 is 21.9 Å². The summed E-state index contributed by atoms with van der Waals surface area (Å²) in [7, 11) is 0. The van der Waals surface area contributed by atoms with Gasteiger partial charge in [0.25, 0.3) is 0 Å². The minimum Gasteiger partial charge on any atom is -0.309 e. The van der Waals surface area contributed by atoms with Crippen molar-refractivity contribution in [3.8, 4) is 22.5 Å². The molecule has 1 atom stereocenters. The molecule has 0 bridgehead atoms. The first kappa shape index (κ1) is 20.6. The van der Waals surface area contributed by atoms with Gasteiger partial charge in [0.05, 0.1) is 44.0 Å². The molecule has 0 radical (unpaired) electrons. The third-order valence-electron chi connectivity index (χ3n) is 10.9. The van der Waals surface area contributed by atoms with Crippen molar-refractivity contribution in [2.75, 3.05) is 0 Å². The van der Waals surface area contributed by atoms with Crippen LogP contribution in [0.25, 0.3) is 66.1 Å². The molecule has 1 aliphatic rings. The van der Waals surface area contributed by atoms with Crippen LogP contribution in [0.5, 0.6) is 0 Å². The van der Waals surface area contributed by atoms with E-state index in [1.807, 2.05) is 19.9 Å². The molecule has 0 fully saturated rings. The molecule has 1 unspecified atom stereocenters. The maximum absolute atomic E-state index is 9.23. The van der Waals surface area contributed by atoms with Crippen molar-refractivity contribution in [1.29, 1.82) is 0 Å². The van der Waals surface area contributed by atoms with E-state index < -0.39 is 96.7 Å². The zero-order valence-corrected chi connectivity index (χ0v) is 30.9. The van der Waals surface area contributed by atoms with Gasteiger partial charge in [0.2, 0.25) is 0 Å². The zero-order chi connectivity index (χ0) is 50.9. The Bertz CT molecular complexity index is 3400. The lowest BCUT2D eigenvalue weighted by atomic mass is 9.80. The number of aromatic nitrogens is 2. The van der Waals surface area contributed by atoms with E-state index in [1.165, 1.54) is 31.4 Å². The van der Waals surface area contributed by atoms with E-state index in [9.17, 15) is 5.48 Å². The molecule has 7 aromatic carbocycles. The van der Waals surface area contributed by atoms with Crippen LogP contribution >= 0.6 is 0 Å². The summed E-state index contributed by atoms with van der Waals surface area (Å²) >= 11 is 0. The highest BCUT2D eigenvalue weighted by Crippen LogP contribution is 2.49. The number of aryl methyl sites for hydroxylation is 1. The molecule has 2 aromatic heterocycles. The van der Waals surface area contributed by atoms with Crippen LogP contribution in [-0.2, 0) is 11.8 Å². The first-order valence-corrected chi connectivity index (χ1v) is 18.6. The van der Waals surface area contributed by atoms with E-state index >= 15 is 0 Å². The van der Waals surface area contributed by atoms with Gasteiger partial charge in [-0.3, -0.25) is 0 Å². The maximum Gasteiger partial charge on any atom is 0.0645 e. The Morgan fingerprint density at radius 3 is 1.52 bits per heavy atom. The largest absolute Gasteiger partial charge is 0.309 e. The average Bonchev–Trinajstić information content (AvgIpc) is 3.99. The summed E-state index contributed by atoms with van der Waals surface area (Å²) in [5.41, 5.74) is 6.24. The van der Waals surface area contributed by atoms with E-state index in [0.29, 0.717) is 18.4 Å². The van der Waals surface area contributed by atoms with Gasteiger partial charge in [0, 0.05) is 38.3 Å². The normalized spacial score (nSPS) is 17.7. The minimum absolute atomic E-state index is 0.0339. The Balaban J connectivity index is 0.00000300. The SMILES string of the molecule is CC.[2H]c1c([2H])c([2H])c2c(c1[2H])c1c([2H])c([2H])c([2H])c([2H])c1n2-c1cc(CCC(CC)c2ccc3c(c2)C(C)(C)c2ccccc2-3)cc(-n2c3c([2H])c([2H])c([2H])c([2H])c3c3c([2H])c([2H])c([2H])c([2H])c32)c1. The first-order chi connectivity index (χ1) is 33.1. The molecule has 54 heavy (non-hydrogen) atoms. The predicted octanol–water partition coefficient (Wildman–Crippen LogP) is 14.3. The summed E-state index contributed by atoms with van der Waals surface area (Å²) in [6.45, 7) is 10.6. The Morgan fingerprint density at radius 1 is 0.556 bits per heavy atom. The van der Waals surface area contributed by atoms with Gasteiger partial charge in [-0.25, -0.2) is 0 Å². The predicted molar refractivity (Wildman–Crippen MR) is 232 cm³/mol. The maximum atomic E-state index is 9.23. The van der Waals surface area contributed by atoms with Gasteiger partial charge in [-0.15, -0.1) is 0 Å². The van der Waals surface area contributed by atoms with Crippen LogP contribution in [0.3, 0.4) is 0 Å². The van der Waals surface area contributed by atoms with Crippen LogP contribution in [-0.4, -0.2) is 9.13 Å². The van der Waals surface area contributed by atoms with Crippen molar-refractivity contribution in [1.82, 2.24) is 9.13 Å². The number of hydrogen-bond acceptors (Lipinski definition) is 0. The molecule has 2 nitrogen and oxygen atoms in total. The van der Waals surface area contributed by atoms with Crippen molar-refractivity contribution in [3.05, 3.63) is 180 Å². The standard InChI is InChI=1S/C50H42N2.C2H6/c1-4-34(35-27-28-39-38-15-5-10-20-44(38)50(2,3)45(39)31-35)26-25-33-29-36(51-46-21-11-6-16-40(46)41-17-7-12-22-47(41)51)32-37(30-33)52-48-23-13-8-18-42(48)43-19-9-14-24-49(43)52;1-2/h5-24,27-32,34H,4,25-26H2,1-3H3;1-2H3/i6D,7D,8D,9D,11D,12D,13D,14D,16D,17D,18D,19D,21D,22D,23D,24D;. The number of nitrogens with zero attached hydrogens (tertiary/aromatic N) is 2. The van der Waals surface area contributed by atoms with E-state index in [4.69, 9.17) is 16.4 Å². The fourth-order valence-corrected chi connectivity index (χ4v) is 8.34. The van der Waals surface area contributed by atoms with Crippen LogP contribution in [0.15, 0.2) is 157 Å². The highest BCUT2D eigenvalue weighted by atomic mass is 15.0. The van der Waals surface area contributed by atoms with Crippen LogP contribution < -0.4 is 0 Å². The summed E-state index contributed by atoms with van der Waals surface area (Å²) < 4.78 is 145. The Hall–Kier alpha value is -5.86. The fraction of sp³-hybridized carbons (Fsp3) is 0.192. The molecular formula is C52H48N2. The van der Waals surface area contributed by atoms with Crippen molar-refractivity contribution in [3.63, 3.8) is 0 Å². The van der Waals surface area contributed by atoms with E-state index in [1.54, 1.807) is 18.2 Å². The van der Waals surface area contributed by atoms with Gasteiger partial charge < -0.3 is 9.13 Å². The summed E-state index contributed by atoms with van der Waals surface area (Å²) in [4.78, 5) is 0. The minimum atomic E-state index is -0.598. The smallest absolute Gasteiger partial charge is 0.0645 e. The van der Waals surface area contributed by atoms with Crippen LogP contribution in [0.4, 0.5) is 0 Å². The second-order valence-electron chi connectivity index (χ2n) is 14.0. The first-order valence-electron chi connectivity index (χ1n) is 26.6. The zero-order valence-electron chi connectivity index (χ0n) is 46.9. The highest BCUT2D eigenvalue weighted by molar-refractivity contribution is 6.10. The quantitative estimate of drug-likeness (QED) is 0.155. The van der Waals surface area contributed by atoms with Gasteiger partial charge in [0.1, 0.15) is 0 Å². The molecule has 0 saturated heterocycles. The lowest BCUT2D eigenvalue weighted by Crippen LogP contribution is -2.15. The second-order valence-corrected chi connectivity index (χ2v) is 14.0. The molecule has 0 spiro atoms. The number of hydrogen-bond donors (Lipinski definition) is 0. The number of rotatable bonds is 7. The molecule has 9 aromatic rings. The van der Waals surface area contributed by atoms with E-state index in [-0.39, 0.29) is 66.3 Å². The Kier molecular flexibility index (Phi) is 5.15. The van der Waals surface area contributed by atoms with Crippen LogP contribution in [0.1, 0.15) is 97.6 Å². The summed E-state index contributed by atoms with van der Waals surface area (Å²) in [5, 5.41) is -0.508. The van der Waals surface area contributed by atoms with Gasteiger partial charge in [0.15, 0.2) is 0 Å². The molecule has 0 amide bonds. The van der Waals surface area contributed by atoms with Crippen molar-refractivity contribution >= 4 is 43.6 Å². The Labute approximate surface area is 341 Å². The third-order valence-corrected chi connectivity index (χ3v) is 10.9. The molecular weight excluding hydrogens is 653 g/mol. The lowest BCUT2D eigenvalue weighted by Gasteiger charge is -2.24. The molecule has 10 rings (SSSR count). The monoisotopic (exact) mass is 716 g/mol. The van der Waals surface area contributed by atoms with Gasteiger partial charge >= 0.3 is 0 Å². The molecule has 2 heteroatoms. The van der Waals surface area contributed by atoms with Crippen LogP contribution in [0.2, 0.25) is 0 Å². The Morgan fingerprint density at radius 2 is 1.02 bits per heavy atom. The second kappa shape index (κ2) is 13.5. The summed E-state index contributed by atoms with van der Waals surface area (Å²) in [5.74, 6) is 0.0339. The van der Waals surface area contributed by atoms with Crippen molar-refractivity contribution in [2.24, 2.45) is 0 Å².